The van der Waals surface area contributed by atoms with Gasteiger partial charge in [-0.25, -0.2) is 16.8 Å². The number of sulfonamides is 2. The standard InChI is InChI=1S/C8H19N.C2F6NO4S2/c1-6-9(7(2)3)8(4)5;3-1(4,5)14(10,11)9-15(12,13)2(6,7)8/h7-8H,6H2,1-5H3;/q;-1/p+1. The van der Waals surface area contributed by atoms with Crippen LogP contribution in [0.25, 0.3) is 4.13 Å². The van der Waals surface area contributed by atoms with Crippen LogP contribution in [0.4, 0.5) is 26.3 Å². The Balaban J connectivity index is 0. The van der Waals surface area contributed by atoms with E-state index in [1.54, 1.807) is 4.90 Å². The Morgan fingerprint density at radius 1 is 0.792 bits per heavy atom. The first-order chi connectivity index (χ1) is 10.3. The molecule has 1 N–H and O–H groups in total. The minimum Gasteiger partial charge on any atom is -0.421 e. The summed E-state index contributed by atoms with van der Waals surface area (Å²) in [5.41, 5.74) is -12.4. The van der Waals surface area contributed by atoms with Crippen LogP contribution in [-0.4, -0.2) is 46.5 Å². The van der Waals surface area contributed by atoms with Gasteiger partial charge < -0.3 is 9.03 Å². The van der Waals surface area contributed by atoms with E-state index in [1.807, 2.05) is 0 Å². The highest BCUT2D eigenvalue weighted by Crippen LogP contribution is 2.36. The molecule has 0 saturated heterocycles. The second-order valence-electron chi connectivity index (χ2n) is 5.15. The highest BCUT2D eigenvalue weighted by Gasteiger charge is 2.46. The molecule has 148 valence electrons. The summed E-state index contributed by atoms with van der Waals surface area (Å²) in [6.07, 6.45) is 0. The Morgan fingerprint density at radius 3 is 1.12 bits per heavy atom. The molecule has 0 radical (unpaired) electrons. The number of quaternary nitrogens is 1. The fourth-order valence-electron chi connectivity index (χ4n) is 1.70. The molecule has 0 aliphatic carbocycles. The van der Waals surface area contributed by atoms with Gasteiger partial charge in [-0.05, 0) is 34.6 Å². The van der Waals surface area contributed by atoms with Crippen LogP contribution in [0.1, 0.15) is 34.6 Å². The average Bonchev–Trinajstić information content (AvgIpc) is 2.24. The summed E-state index contributed by atoms with van der Waals surface area (Å²) in [4.78, 5) is 1.69. The maximum Gasteiger partial charge on any atom is 0.480 e. The lowest BCUT2D eigenvalue weighted by Crippen LogP contribution is -3.17. The molecule has 0 aromatic rings. The highest BCUT2D eigenvalue weighted by atomic mass is 32.3. The number of rotatable bonds is 5. The number of alkyl halides is 6. The van der Waals surface area contributed by atoms with Crippen LogP contribution in [-0.2, 0) is 20.0 Å². The molecule has 0 heterocycles. The Kier molecular flexibility index (Phi) is 9.26. The van der Waals surface area contributed by atoms with Crippen LogP contribution in [0, 0.1) is 0 Å². The van der Waals surface area contributed by atoms with E-state index in [1.165, 1.54) is 6.54 Å². The topological polar surface area (TPSA) is 86.8 Å². The Morgan fingerprint density at radius 2 is 1.04 bits per heavy atom. The first kappa shape index (κ1) is 25.6. The van der Waals surface area contributed by atoms with E-state index in [4.69, 9.17) is 0 Å². The summed E-state index contributed by atoms with van der Waals surface area (Å²) in [7, 11) is -13.4. The van der Waals surface area contributed by atoms with E-state index < -0.39 is 31.1 Å². The van der Waals surface area contributed by atoms with Crippen molar-refractivity contribution in [1.29, 1.82) is 0 Å². The minimum absolute atomic E-state index is 0.773. The Bertz CT molecular complexity index is 531. The van der Waals surface area contributed by atoms with Gasteiger partial charge in [-0.3, -0.25) is 0 Å². The smallest absolute Gasteiger partial charge is 0.421 e. The van der Waals surface area contributed by atoms with Gasteiger partial charge in [0, 0.05) is 0 Å². The summed E-state index contributed by atoms with van der Waals surface area (Å²) in [6.45, 7) is 12.6. The molecular formula is C10H20F6N2O4S2. The molecular weight excluding hydrogens is 390 g/mol. The molecule has 0 unspecified atom stereocenters. The van der Waals surface area contributed by atoms with E-state index in [0.29, 0.717) is 0 Å². The van der Waals surface area contributed by atoms with Crippen molar-refractivity contribution in [3.8, 4) is 0 Å². The van der Waals surface area contributed by atoms with Crippen molar-refractivity contribution in [2.24, 2.45) is 0 Å². The first-order valence-electron chi connectivity index (χ1n) is 6.52. The lowest BCUT2D eigenvalue weighted by Gasteiger charge is -2.25. The third kappa shape index (κ3) is 7.98. The van der Waals surface area contributed by atoms with Gasteiger partial charge >= 0.3 is 11.0 Å². The average molecular weight is 410 g/mol. The maximum absolute atomic E-state index is 11.4. The lowest BCUT2D eigenvalue weighted by molar-refractivity contribution is -0.940. The van der Waals surface area contributed by atoms with Gasteiger partial charge in [0.25, 0.3) is 0 Å². The SMILES string of the molecule is CC[NH+](C(C)C)C(C)C.O=S(=O)([N-]S(=O)(=O)C(F)(F)F)C(F)(F)F. The van der Waals surface area contributed by atoms with E-state index in [9.17, 15) is 43.2 Å². The highest BCUT2D eigenvalue weighted by molar-refractivity contribution is 8.13. The van der Waals surface area contributed by atoms with E-state index >= 15 is 0 Å². The molecule has 0 aromatic carbocycles. The number of nitrogens with one attached hydrogen (secondary N) is 1. The maximum atomic E-state index is 11.4. The van der Waals surface area contributed by atoms with Crippen LogP contribution >= 0.6 is 0 Å². The number of hydrogen-bond acceptors (Lipinski definition) is 4. The van der Waals surface area contributed by atoms with Gasteiger partial charge in [-0.1, -0.05) is 0 Å². The summed E-state index contributed by atoms with van der Waals surface area (Å²) in [5, 5.41) is 0. The predicted molar refractivity (Wildman–Crippen MR) is 75.1 cm³/mol. The fraction of sp³-hybridized carbons (Fsp3) is 1.00. The molecule has 0 aromatic heterocycles. The second-order valence-corrected chi connectivity index (χ2v) is 8.58. The van der Waals surface area contributed by atoms with Crippen molar-refractivity contribution in [3.05, 3.63) is 4.13 Å². The van der Waals surface area contributed by atoms with Crippen LogP contribution in [0.2, 0.25) is 0 Å². The molecule has 0 saturated carbocycles. The third-order valence-electron chi connectivity index (χ3n) is 2.67. The van der Waals surface area contributed by atoms with Crippen LogP contribution in [0.5, 0.6) is 0 Å². The van der Waals surface area contributed by atoms with Crippen molar-refractivity contribution in [1.82, 2.24) is 0 Å². The van der Waals surface area contributed by atoms with Gasteiger partial charge in [-0.2, -0.15) is 26.3 Å². The number of halogens is 6. The zero-order valence-corrected chi connectivity index (χ0v) is 15.2. The normalized spacial score (nSPS) is 14.1. The summed E-state index contributed by atoms with van der Waals surface area (Å²) < 4.78 is 109. The van der Waals surface area contributed by atoms with Gasteiger partial charge in [0.1, 0.15) is 0 Å². The van der Waals surface area contributed by atoms with Gasteiger partial charge in [0.2, 0.25) is 0 Å². The van der Waals surface area contributed by atoms with E-state index in [0.717, 1.165) is 16.2 Å². The summed E-state index contributed by atoms with van der Waals surface area (Å²) >= 11 is 0. The number of hydrogen-bond donors (Lipinski definition) is 1. The monoisotopic (exact) mass is 410 g/mol. The summed E-state index contributed by atoms with van der Waals surface area (Å²) in [6, 6.07) is 1.55. The van der Waals surface area contributed by atoms with E-state index in [2.05, 4.69) is 34.6 Å². The van der Waals surface area contributed by atoms with Crippen molar-refractivity contribution in [2.45, 2.75) is 57.7 Å². The third-order valence-corrected chi connectivity index (χ3v) is 5.41. The van der Waals surface area contributed by atoms with Gasteiger partial charge in [-0.15, -0.1) is 0 Å². The molecule has 0 spiro atoms. The molecule has 0 atom stereocenters. The zero-order chi connectivity index (χ0) is 20.1. The van der Waals surface area contributed by atoms with Crippen LogP contribution in [0.3, 0.4) is 0 Å². The first-order valence-corrected chi connectivity index (χ1v) is 9.40. The second kappa shape index (κ2) is 8.67. The minimum atomic E-state index is -6.72. The van der Waals surface area contributed by atoms with Crippen LogP contribution < -0.4 is 4.90 Å². The molecule has 24 heavy (non-hydrogen) atoms. The molecule has 0 aliphatic rings. The molecule has 0 amide bonds. The van der Waals surface area contributed by atoms with Gasteiger partial charge in [0.05, 0.1) is 18.6 Å². The fourth-order valence-corrected chi connectivity index (χ4v) is 3.41. The van der Waals surface area contributed by atoms with Crippen LogP contribution in [0.15, 0.2) is 0 Å². The lowest BCUT2D eigenvalue weighted by atomic mass is 10.2. The molecule has 0 aliphatic heterocycles. The molecule has 0 rings (SSSR count). The van der Waals surface area contributed by atoms with Crippen molar-refractivity contribution in [2.75, 3.05) is 6.54 Å². The number of nitrogens with zero attached hydrogens (tertiary/aromatic N) is 1. The van der Waals surface area contributed by atoms with Crippen molar-refractivity contribution < 1.29 is 48.1 Å². The predicted octanol–water partition coefficient (Wildman–Crippen LogP) is 1.77. The van der Waals surface area contributed by atoms with Crippen molar-refractivity contribution in [3.63, 3.8) is 0 Å². The van der Waals surface area contributed by atoms with Gasteiger partial charge in [0.15, 0.2) is 20.0 Å². The van der Waals surface area contributed by atoms with E-state index in [-0.39, 0.29) is 0 Å². The molecule has 14 heteroatoms. The Labute approximate surface area is 137 Å². The molecule has 0 bridgehead atoms. The van der Waals surface area contributed by atoms with Crippen molar-refractivity contribution >= 4 is 20.0 Å². The Hall–Kier alpha value is -0.600. The quantitative estimate of drug-likeness (QED) is 0.700. The molecule has 0 fully saturated rings. The summed E-state index contributed by atoms with van der Waals surface area (Å²) in [5.74, 6) is 0. The zero-order valence-electron chi connectivity index (χ0n) is 13.5. The molecule has 6 nitrogen and oxygen atoms in total. The largest absolute Gasteiger partial charge is 0.480 e.